The summed E-state index contributed by atoms with van der Waals surface area (Å²) < 4.78 is 27.3. The second-order valence-corrected chi connectivity index (χ2v) is 8.83. The normalized spacial score (nSPS) is 11.7. The number of guanidine groups is 1. The molecule has 3 N–H and O–H groups in total. The molecule has 10 heteroatoms. The third kappa shape index (κ3) is 7.78. The van der Waals surface area contributed by atoms with Crippen LogP contribution in [-0.4, -0.2) is 41.1 Å². The highest BCUT2D eigenvalue weighted by Gasteiger charge is 2.15. The van der Waals surface area contributed by atoms with Crippen LogP contribution >= 0.6 is 46.9 Å². The van der Waals surface area contributed by atoms with Gasteiger partial charge in [0.1, 0.15) is 4.21 Å². The number of hydrogen-bond donors (Lipinski definition) is 3. The molecule has 1 heterocycles. The standard InChI is InChI=1S/C16H21ClN4O2S2.HI/c1-18-16(19-10-9-13-5-3-2-4-6-13)20-11-12-21-25(22,23)15-8-7-14(17)24-15;/h2-8,21H,9-12H2,1H3,(H2,18,19,20);1H. The molecule has 6 nitrogen and oxygen atoms in total. The Bertz CT molecular complexity index is 798. The number of nitrogens with one attached hydrogen (secondary N) is 3. The number of hydrogen-bond acceptors (Lipinski definition) is 4. The fourth-order valence-corrected chi connectivity index (χ4v) is 4.63. The molecule has 2 rings (SSSR count). The Balaban J connectivity index is 0.00000338. The summed E-state index contributed by atoms with van der Waals surface area (Å²) in [6, 6.07) is 13.2. The van der Waals surface area contributed by atoms with Gasteiger partial charge in [-0.15, -0.1) is 35.3 Å². The second-order valence-electron chi connectivity index (χ2n) is 5.12. The highest BCUT2D eigenvalue weighted by Crippen LogP contribution is 2.25. The number of thiophene rings is 1. The maximum absolute atomic E-state index is 12.1. The van der Waals surface area contributed by atoms with E-state index in [0.717, 1.165) is 24.3 Å². The molecule has 0 radical (unpaired) electrons. The van der Waals surface area contributed by atoms with Crippen molar-refractivity contribution >= 4 is 62.9 Å². The molecule has 26 heavy (non-hydrogen) atoms. The summed E-state index contributed by atoms with van der Waals surface area (Å²) in [5.41, 5.74) is 1.24. The van der Waals surface area contributed by atoms with Crippen molar-refractivity contribution in [2.45, 2.75) is 10.6 Å². The number of aliphatic imine (C=N–C) groups is 1. The van der Waals surface area contributed by atoms with Crippen LogP contribution in [-0.2, 0) is 16.4 Å². The molecule has 144 valence electrons. The van der Waals surface area contributed by atoms with Crippen molar-refractivity contribution in [2.24, 2.45) is 4.99 Å². The Kier molecular flexibility index (Phi) is 10.5. The predicted molar refractivity (Wildman–Crippen MR) is 119 cm³/mol. The van der Waals surface area contributed by atoms with Crippen LogP contribution in [0.3, 0.4) is 0 Å². The predicted octanol–water partition coefficient (Wildman–Crippen LogP) is 2.71. The molecule has 0 aliphatic heterocycles. The van der Waals surface area contributed by atoms with Gasteiger partial charge >= 0.3 is 0 Å². The first-order chi connectivity index (χ1) is 12.0. The van der Waals surface area contributed by atoms with E-state index in [1.165, 1.54) is 11.6 Å². The zero-order valence-corrected chi connectivity index (χ0v) is 19.0. The molecule has 0 unspecified atom stereocenters. The zero-order chi connectivity index (χ0) is 18.1. The molecule has 0 aliphatic carbocycles. The van der Waals surface area contributed by atoms with E-state index in [9.17, 15) is 8.42 Å². The van der Waals surface area contributed by atoms with E-state index in [4.69, 9.17) is 11.6 Å². The molecule has 1 aromatic carbocycles. The monoisotopic (exact) mass is 528 g/mol. The summed E-state index contributed by atoms with van der Waals surface area (Å²) in [4.78, 5) is 4.12. The minimum Gasteiger partial charge on any atom is -0.356 e. The lowest BCUT2D eigenvalue weighted by Crippen LogP contribution is -2.42. The van der Waals surface area contributed by atoms with Gasteiger partial charge in [0.2, 0.25) is 10.0 Å². The highest BCUT2D eigenvalue weighted by atomic mass is 127. The van der Waals surface area contributed by atoms with Crippen LogP contribution in [0.4, 0.5) is 0 Å². The smallest absolute Gasteiger partial charge is 0.250 e. The second kappa shape index (κ2) is 11.8. The molecular weight excluding hydrogens is 507 g/mol. The maximum Gasteiger partial charge on any atom is 0.250 e. The maximum atomic E-state index is 12.1. The lowest BCUT2D eigenvalue weighted by molar-refractivity contribution is 0.582. The lowest BCUT2D eigenvalue weighted by atomic mass is 10.1. The third-order valence-corrected chi connectivity index (χ3v) is 6.48. The van der Waals surface area contributed by atoms with Crippen LogP contribution in [0.25, 0.3) is 0 Å². The van der Waals surface area contributed by atoms with Crippen molar-refractivity contribution in [1.82, 2.24) is 15.4 Å². The summed E-state index contributed by atoms with van der Waals surface area (Å²) in [6.07, 6.45) is 0.882. The van der Waals surface area contributed by atoms with Crippen LogP contribution in [0.1, 0.15) is 5.56 Å². The van der Waals surface area contributed by atoms with Crippen LogP contribution < -0.4 is 15.4 Å². The van der Waals surface area contributed by atoms with Gasteiger partial charge in [-0.05, 0) is 24.1 Å². The van der Waals surface area contributed by atoms with Crippen molar-refractivity contribution in [3.8, 4) is 0 Å². The van der Waals surface area contributed by atoms with Gasteiger partial charge in [-0.3, -0.25) is 4.99 Å². The zero-order valence-electron chi connectivity index (χ0n) is 14.2. The third-order valence-electron chi connectivity index (χ3n) is 3.30. The number of rotatable bonds is 8. The number of benzene rings is 1. The van der Waals surface area contributed by atoms with Crippen molar-refractivity contribution in [3.63, 3.8) is 0 Å². The average molecular weight is 529 g/mol. The number of nitrogens with zero attached hydrogens (tertiary/aromatic N) is 1. The quantitative estimate of drug-likeness (QED) is 0.213. The van der Waals surface area contributed by atoms with Gasteiger partial charge < -0.3 is 10.6 Å². The summed E-state index contributed by atoms with van der Waals surface area (Å²) in [7, 11) is -1.84. The molecular formula is C16H22ClIN4O2S2. The fraction of sp³-hybridized carbons (Fsp3) is 0.312. The Hall–Kier alpha value is -0.880. The molecule has 1 aromatic heterocycles. The van der Waals surface area contributed by atoms with Gasteiger partial charge in [-0.25, -0.2) is 13.1 Å². The van der Waals surface area contributed by atoms with E-state index in [0.29, 0.717) is 16.8 Å². The number of sulfonamides is 1. The van der Waals surface area contributed by atoms with Gasteiger partial charge in [0.05, 0.1) is 4.34 Å². The number of halogens is 2. The van der Waals surface area contributed by atoms with Crippen LogP contribution in [0, 0.1) is 0 Å². The molecule has 0 spiro atoms. The molecule has 0 fully saturated rings. The lowest BCUT2D eigenvalue weighted by Gasteiger charge is -2.12. The first kappa shape index (κ1) is 23.2. The van der Waals surface area contributed by atoms with E-state index < -0.39 is 10.0 Å². The van der Waals surface area contributed by atoms with E-state index in [1.54, 1.807) is 13.1 Å². The largest absolute Gasteiger partial charge is 0.356 e. The fourth-order valence-electron chi connectivity index (χ4n) is 2.07. The molecule has 0 bridgehead atoms. The molecule has 2 aromatic rings. The van der Waals surface area contributed by atoms with Crippen molar-refractivity contribution in [2.75, 3.05) is 26.7 Å². The van der Waals surface area contributed by atoms with Gasteiger partial charge in [0.25, 0.3) is 0 Å². The van der Waals surface area contributed by atoms with E-state index >= 15 is 0 Å². The molecule has 0 saturated heterocycles. The summed E-state index contributed by atoms with van der Waals surface area (Å²) in [6.45, 7) is 1.41. The first-order valence-corrected chi connectivity index (χ1v) is 10.4. The highest BCUT2D eigenvalue weighted by molar-refractivity contribution is 14.0. The molecule has 0 atom stereocenters. The molecule has 0 amide bonds. The van der Waals surface area contributed by atoms with Crippen LogP contribution in [0.2, 0.25) is 4.34 Å². The Morgan fingerprint density at radius 1 is 1.08 bits per heavy atom. The first-order valence-electron chi connectivity index (χ1n) is 7.75. The van der Waals surface area contributed by atoms with Crippen molar-refractivity contribution < 1.29 is 8.42 Å². The SMILES string of the molecule is CN=C(NCCNS(=O)(=O)c1ccc(Cl)s1)NCCc1ccccc1.I. The van der Waals surface area contributed by atoms with Crippen LogP contribution in [0.5, 0.6) is 0 Å². The minimum absolute atomic E-state index is 0. The topological polar surface area (TPSA) is 82.6 Å². The van der Waals surface area contributed by atoms with Gasteiger partial charge in [0.15, 0.2) is 5.96 Å². The summed E-state index contributed by atoms with van der Waals surface area (Å²) in [5, 5.41) is 6.27. The minimum atomic E-state index is -3.51. The Labute approximate surface area is 180 Å². The summed E-state index contributed by atoms with van der Waals surface area (Å²) in [5.74, 6) is 0.634. The van der Waals surface area contributed by atoms with Crippen molar-refractivity contribution in [3.05, 3.63) is 52.4 Å². The van der Waals surface area contributed by atoms with Crippen LogP contribution in [0.15, 0.2) is 51.7 Å². The Morgan fingerprint density at radius 2 is 1.77 bits per heavy atom. The van der Waals surface area contributed by atoms with Gasteiger partial charge in [0, 0.05) is 26.7 Å². The van der Waals surface area contributed by atoms with Gasteiger partial charge in [-0.1, -0.05) is 41.9 Å². The van der Waals surface area contributed by atoms with E-state index in [2.05, 4.69) is 32.5 Å². The average Bonchev–Trinajstić information content (AvgIpc) is 3.05. The van der Waals surface area contributed by atoms with E-state index in [-0.39, 0.29) is 34.7 Å². The summed E-state index contributed by atoms with van der Waals surface area (Å²) >= 11 is 6.80. The molecule has 0 aliphatic rings. The van der Waals surface area contributed by atoms with E-state index in [1.807, 2.05) is 18.2 Å². The Morgan fingerprint density at radius 3 is 2.38 bits per heavy atom. The van der Waals surface area contributed by atoms with Crippen molar-refractivity contribution in [1.29, 1.82) is 0 Å². The van der Waals surface area contributed by atoms with Gasteiger partial charge in [-0.2, -0.15) is 0 Å². The molecule has 0 saturated carbocycles.